The summed E-state index contributed by atoms with van der Waals surface area (Å²) in [6, 6.07) is 11.9. The van der Waals surface area contributed by atoms with Crippen molar-refractivity contribution in [3.05, 3.63) is 75.8 Å². The van der Waals surface area contributed by atoms with Gasteiger partial charge in [0.1, 0.15) is 0 Å². The van der Waals surface area contributed by atoms with Crippen LogP contribution in [0.2, 0.25) is 0 Å². The van der Waals surface area contributed by atoms with Crippen LogP contribution in [0.25, 0.3) is 22.3 Å². The summed E-state index contributed by atoms with van der Waals surface area (Å²) >= 11 is 20.1. The van der Waals surface area contributed by atoms with Crippen molar-refractivity contribution in [2.75, 3.05) is 0 Å². The predicted molar refractivity (Wildman–Crippen MR) is 129 cm³/mol. The van der Waals surface area contributed by atoms with Gasteiger partial charge in [-0.3, -0.25) is 0 Å². The van der Waals surface area contributed by atoms with E-state index in [2.05, 4.69) is 84.0 Å². The molecule has 3 rings (SSSR count). The summed E-state index contributed by atoms with van der Waals surface area (Å²) in [5, 5.41) is 0.880. The molecule has 0 aliphatic heterocycles. The molecule has 0 N–H and O–H groups in total. The molecule has 0 unspecified atom stereocenters. The molecule has 0 nitrogen and oxygen atoms in total. The molecular formula is C24H25Cl3Si. The molecule has 0 spiro atoms. The Morgan fingerprint density at radius 3 is 1.18 bits per heavy atom. The molecule has 0 radical (unpaired) electrons. The predicted octanol–water partition coefficient (Wildman–Crippen LogP) is 7.73. The highest BCUT2D eigenvalue weighted by atomic mass is 35.8. The highest BCUT2D eigenvalue weighted by Crippen LogP contribution is 2.37. The fraction of sp³-hybridized carbons (Fsp3) is 0.250. The molecule has 146 valence electrons. The van der Waals surface area contributed by atoms with Crippen molar-refractivity contribution in [1.82, 2.24) is 0 Å². The van der Waals surface area contributed by atoms with Gasteiger partial charge in [-0.15, -0.1) is 33.2 Å². The van der Waals surface area contributed by atoms with Crippen LogP contribution in [-0.4, -0.2) is 6.00 Å². The molecule has 28 heavy (non-hydrogen) atoms. The van der Waals surface area contributed by atoms with E-state index in [4.69, 9.17) is 33.2 Å². The van der Waals surface area contributed by atoms with Crippen LogP contribution in [0.4, 0.5) is 0 Å². The highest BCUT2D eigenvalue weighted by Gasteiger charge is 2.35. The Labute approximate surface area is 183 Å². The van der Waals surface area contributed by atoms with E-state index in [1.807, 2.05) is 0 Å². The van der Waals surface area contributed by atoms with Gasteiger partial charge in [-0.2, -0.15) is 0 Å². The van der Waals surface area contributed by atoms with E-state index in [0.29, 0.717) is 0 Å². The zero-order valence-corrected chi connectivity index (χ0v) is 20.4. The fourth-order valence-corrected chi connectivity index (χ4v) is 7.34. The third-order valence-corrected chi connectivity index (χ3v) is 8.05. The Morgan fingerprint density at radius 2 is 0.893 bits per heavy atom. The quantitative estimate of drug-likeness (QED) is 0.284. The van der Waals surface area contributed by atoms with E-state index >= 15 is 0 Å². The zero-order chi connectivity index (χ0) is 20.8. The molecule has 0 amide bonds. The zero-order valence-electron chi connectivity index (χ0n) is 17.2. The smallest absolute Gasteiger partial charge is 0.121 e. The van der Waals surface area contributed by atoms with Gasteiger partial charge in [0.2, 0.25) is 0 Å². The summed E-state index contributed by atoms with van der Waals surface area (Å²) in [5.41, 5.74) is 11.7. The van der Waals surface area contributed by atoms with Gasteiger partial charge in [-0.1, -0.05) is 53.6 Å². The number of hydrogen-bond donors (Lipinski definition) is 0. The molecule has 4 heteroatoms. The summed E-state index contributed by atoms with van der Waals surface area (Å²) in [6.07, 6.45) is 0. The average molecular weight is 448 g/mol. The SMILES string of the molecule is Cc1cc(C)c(-c2cccc(-c3c(C)cc(C)cc3C)c2[Si](Cl)(Cl)Cl)c(C)c1. The second-order valence-corrected chi connectivity index (χ2v) is 16.1. The van der Waals surface area contributed by atoms with Crippen molar-refractivity contribution in [2.24, 2.45) is 0 Å². The van der Waals surface area contributed by atoms with Gasteiger partial charge in [0.05, 0.1) is 0 Å². The summed E-state index contributed by atoms with van der Waals surface area (Å²) in [6.45, 7) is 12.8. The van der Waals surface area contributed by atoms with Crippen LogP contribution in [0.3, 0.4) is 0 Å². The molecule has 3 aromatic carbocycles. The molecule has 0 bridgehead atoms. The molecule has 0 aliphatic rings. The lowest BCUT2D eigenvalue weighted by Crippen LogP contribution is -2.34. The molecule has 0 heterocycles. The second kappa shape index (κ2) is 7.87. The van der Waals surface area contributed by atoms with Crippen molar-refractivity contribution in [3.63, 3.8) is 0 Å². The standard InChI is InChI=1S/C24H25Cl3Si/c1-14-10-16(3)22(17(4)11-14)20-8-7-9-21(24(20)28(25,26)27)23-18(5)12-15(2)13-19(23)6/h7-13H,1-6H3. The minimum absolute atomic E-state index is 0.880. The molecule has 0 saturated carbocycles. The number of halogens is 3. The van der Waals surface area contributed by atoms with Crippen LogP contribution < -0.4 is 5.19 Å². The summed E-state index contributed by atoms with van der Waals surface area (Å²) in [7, 11) is 0. The highest BCUT2D eigenvalue weighted by molar-refractivity contribution is 7.69. The van der Waals surface area contributed by atoms with E-state index < -0.39 is 6.00 Å². The van der Waals surface area contributed by atoms with Crippen LogP contribution >= 0.6 is 33.2 Å². The molecule has 3 aromatic rings. The second-order valence-electron chi connectivity index (χ2n) is 7.77. The van der Waals surface area contributed by atoms with Crippen molar-refractivity contribution in [2.45, 2.75) is 41.5 Å². The molecule has 0 aliphatic carbocycles. The normalized spacial score (nSPS) is 11.8. The maximum Gasteiger partial charge on any atom is 0.374 e. The van der Waals surface area contributed by atoms with Crippen molar-refractivity contribution in [3.8, 4) is 22.3 Å². The van der Waals surface area contributed by atoms with Gasteiger partial charge in [-0.05, 0) is 86.1 Å². The van der Waals surface area contributed by atoms with Gasteiger partial charge < -0.3 is 0 Å². The first kappa shape index (κ1) is 21.5. The third kappa shape index (κ3) is 4.04. The molecule has 0 aromatic heterocycles. The van der Waals surface area contributed by atoms with E-state index in [9.17, 15) is 0 Å². The van der Waals surface area contributed by atoms with Crippen molar-refractivity contribution < 1.29 is 0 Å². The maximum absolute atomic E-state index is 6.71. The largest absolute Gasteiger partial charge is 0.374 e. The van der Waals surface area contributed by atoms with E-state index in [1.165, 1.54) is 44.5 Å². The van der Waals surface area contributed by atoms with Crippen molar-refractivity contribution >= 4 is 44.4 Å². The Kier molecular flexibility index (Phi) is 6.03. The van der Waals surface area contributed by atoms with Crippen LogP contribution in [0.5, 0.6) is 0 Å². The van der Waals surface area contributed by atoms with Gasteiger partial charge in [0.25, 0.3) is 0 Å². The number of hydrogen-bond acceptors (Lipinski definition) is 0. The Bertz CT molecular complexity index is 940. The molecule has 0 atom stereocenters. The number of benzene rings is 3. The Morgan fingerprint density at radius 1 is 0.571 bits per heavy atom. The lowest BCUT2D eigenvalue weighted by Gasteiger charge is -2.24. The Balaban J connectivity index is 2.43. The molecule has 0 saturated heterocycles. The minimum atomic E-state index is -3.19. The van der Waals surface area contributed by atoms with Crippen LogP contribution in [0.1, 0.15) is 33.4 Å². The first-order valence-electron chi connectivity index (χ1n) is 9.37. The number of aryl methyl sites for hydroxylation is 6. The maximum atomic E-state index is 6.71. The Hall–Kier alpha value is -1.25. The first-order chi connectivity index (χ1) is 13.0. The van der Waals surface area contributed by atoms with E-state index in [0.717, 1.165) is 16.3 Å². The average Bonchev–Trinajstić information content (AvgIpc) is 2.51. The monoisotopic (exact) mass is 446 g/mol. The van der Waals surface area contributed by atoms with Crippen LogP contribution in [0.15, 0.2) is 42.5 Å². The van der Waals surface area contributed by atoms with Gasteiger partial charge in [0, 0.05) is 5.19 Å². The number of rotatable bonds is 3. The van der Waals surface area contributed by atoms with Gasteiger partial charge >= 0.3 is 6.00 Å². The summed E-state index contributed by atoms with van der Waals surface area (Å²) in [4.78, 5) is 0. The first-order valence-corrected chi connectivity index (χ1v) is 14.4. The molecular weight excluding hydrogens is 423 g/mol. The molecule has 0 fully saturated rings. The van der Waals surface area contributed by atoms with Gasteiger partial charge in [0.15, 0.2) is 0 Å². The van der Waals surface area contributed by atoms with Crippen LogP contribution in [0, 0.1) is 41.5 Å². The summed E-state index contributed by atoms with van der Waals surface area (Å²) in [5.74, 6) is 0. The fourth-order valence-electron chi connectivity index (χ4n) is 4.48. The van der Waals surface area contributed by atoms with Gasteiger partial charge in [-0.25, -0.2) is 0 Å². The van der Waals surface area contributed by atoms with Crippen LogP contribution in [-0.2, 0) is 0 Å². The topological polar surface area (TPSA) is 0 Å². The minimum Gasteiger partial charge on any atom is -0.121 e. The van der Waals surface area contributed by atoms with E-state index in [1.54, 1.807) is 0 Å². The summed E-state index contributed by atoms with van der Waals surface area (Å²) < 4.78 is 0. The lowest BCUT2D eigenvalue weighted by molar-refractivity contribution is 1.31. The lowest BCUT2D eigenvalue weighted by atomic mass is 9.89. The van der Waals surface area contributed by atoms with E-state index in [-0.39, 0.29) is 0 Å². The third-order valence-electron chi connectivity index (χ3n) is 5.24. The van der Waals surface area contributed by atoms with Crippen molar-refractivity contribution in [1.29, 1.82) is 0 Å².